The summed E-state index contributed by atoms with van der Waals surface area (Å²) in [6.45, 7) is 0. The molecule has 0 amide bonds. The topological polar surface area (TPSA) is 43.4 Å². The Hall–Kier alpha value is -0.860. The highest BCUT2D eigenvalue weighted by Gasteiger charge is 2.44. The van der Waals surface area contributed by atoms with E-state index in [0.717, 1.165) is 32.1 Å². The Morgan fingerprint density at radius 2 is 0.429 bits per heavy atom. The van der Waals surface area contributed by atoms with Gasteiger partial charge < -0.3 is 4.74 Å². The van der Waals surface area contributed by atoms with Gasteiger partial charge in [-0.25, -0.2) is 0 Å². The first-order valence-corrected chi connectivity index (χ1v) is 26.4. The molecule has 0 aromatic carbocycles. The second kappa shape index (κ2) is 39.6. The molecule has 0 aromatic heterocycles. The molecule has 0 aromatic rings. The van der Waals surface area contributed by atoms with Gasteiger partial charge in [0.2, 0.25) is 0 Å². The molecule has 0 N–H and O–H groups in total. The van der Waals surface area contributed by atoms with Crippen molar-refractivity contribution in [2.45, 2.75) is 321 Å². The van der Waals surface area contributed by atoms with Crippen molar-refractivity contribution in [3.8, 4) is 0 Å². The Kier molecular flexibility index (Phi) is 36.3. The van der Waals surface area contributed by atoms with E-state index >= 15 is 0 Å². The van der Waals surface area contributed by atoms with Crippen LogP contribution in [0.15, 0.2) is 0 Å². The van der Waals surface area contributed by atoms with Crippen LogP contribution < -0.4 is 0 Å². The van der Waals surface area contributed by atoms with Crippen LogP contribution in [0.3, 0.4) is 0 Å². The molecule has 2 fully saturated rings. The number of carbonyl (C=O) groups is 2. The summed E-state index contributed by atoms with van der Waals surface area (Å²) in [6.07, 6.45) is 67.5. The number of hydrogen-bond acceptors (Lipinski definition) is 3. The molecule has 1 saturated heterocycles. The zero-order valence-corrected chi connectivity index (χ0v) is 38.1. The predicted octanol–water partition coefficient (Wildman–Crippen LogP) is 18.6. The van der Waals surface area contributed by atoms with Gasteiger partial charge in [-0.15, -0.1) is 0 Å². The van der Waals surface area contributed by atoms with E-state index in [1.165, 1.54) is 276 Å². The Labute approximate surface area is 351 Å². The molecule has 0 unspecified atom stereocenters. The summed E-state index contributed by atoms with van der Waals surface area (Å²) in [5, 5.41) is 0. The molecule has 2 aliphatic rings. The number of hydrogen-bond donors (Lipinski definition) is 0. The van der Waals surface area contributed by atoms with Crippen LogP contribution in [0, 0.1) is 5.41 Å². The summed E-state index contributed by atoms with van der Waals surface area (Å²) >= 11 is 0. The fourth-order valence-electron chi connectivity index (χ4n) is 9.58. The Morgan fingerprint density at radius 1 is 0.232 bits per heavy atom. The SMILES string of the molecule is O=C1CCCCCCCCCCCCCCCCCCCCCCCCCCCCCCCCCCCCCCCCCCCCCCCC2(CC2)CC(=O)O1. The third-order valence-electron chi connectivity index (χ3n) is 13.8. The van der Waals surface area contributed by atoms with Crippen molar-refractivity contribution in [3.63, 3.8) is 0 Å². The molecule has 1 saturated carbocycles. The van der Waals surface area contributed by atoms with Gasteiger partial charge in [0.15, 0.2) is 0 Å². The summed E-state index contributed by atoms with van der Waals surface area (Å²) in [6, 6.07) is 0. The lowest BCUT2D eigenvalue weighted by atomic mass is 9.94. The predicted molar refractivity (Wildman–Crippen MR) is 244 cm³/mol. The molecule has 0 radical (unpaired) electrons. The van der Waals surface area contributed by atoms with Crippen LogP contribution >= 0.6 is 0 Å². The molecule has 1 aliphatic carbocycles. The van der Waals surface area contributed by atoms with Crippen LogP contribution in [0.25, 0.3) is 0 Å². The quantitative estimate of drug-likeness (QED) is 0.181. The molecule has 0 atom stereocenters. The van der Waals surface area contributed by atoms with E-state index < -0.39 is 0 Å². The summed E-state index contributed by atoms with van der Waals surface area (Å²) < 4.78 is 5.25. The number of ether oxygens (including phenoxy) is 1. The van der Waals surface area contributed by atoms with E-state index in [2.05, 4.69) is 0 Å². The van der Waals surface area contributed by atoms with Crippen LogP contribution in [0.4, 0.5) is 0 Å². The van der Waals surface area contributed by atoms with Gasteiger partial charge in [0, 0.05) is 6.42 Å². The fraction of sp³-hybridized carbons (Fsp3) is 0.962. The minimum atomic E-state index is -0.297. The van der Waals surface area contributed by atoms with Crippen LogP contribution in [-0.2, 0) is 14.3 Å². The Morgan fingerprint density at radius 3 is 0.643 bits per heavy atom. The monoisotopic (exact) mass is 785 g/mol. The van der Waals surface area contributed by atoms with E-state index in [1.54, 1.807) is 0 Å². The molecule has 330 valence electrons. The first kappa shape index (κ1) is 51.3. The van der Waals surface area contributed by atoms with Crippen LogP contribution in [-0.4, -0.2) is 11.9 Å². The maximum absolute atomic E-state index is 12.5. The Balaban J connectivity index is 1.49. The van der Waals surface area contributed by atoms with Crippen molar-refractivity contribution < 1.29 is 14.3 Å². The lowest BCUT2D eigenvalue weighted by Crippen LogP contribution is -2.16. The van der Waals surface area contributed by atoms with Crippen molar-refractivity contribution in [1.82, 2.24) is 0 Å². The maximum Gasteiger partial charge on any atom is 0.313 e. The molecule has 3 heteroatoms. The van der Waals surface area contributed by atoms with Gasteiger partial charge in [0.05, 0.1) is 6.42 Å². The number of rotatable bonds is 0. The third-order valence-corrected chi connectivity index (χ3v) is 13.8. The molecule has 0 bridgehead atoms. The second-order valence-corrected chi connectivity index (χ2v) is 19.4. The highest BCUT2D eigenvalue weighted by Crippen LogP contribution is 2.53. The summed E-state index contributed by atoms with van der Waals surface area (Å²) in [5.74, 6) is -0.564. The van der Waals surface area contributed by atoms with Crippen LogP contribution in [0.5, 0.6) is 0 Å². The first-order chi connectivity index (χ1) is 27.7. The molecular weight excluding hydrogens is 685 g/mol. The normalized spacial score (nSPS) is 24.8. The molecule has 1 spiro atoms. The summed E-state index contributed by atoms with van der Waals surface area (Å²) in [4.78, 5) is 24.8. The summed E-state index contributed by atoms with van der Waals surface area (Å²) in [7, 11) is 0. The number of cyclic esters (lactones) is 2. The van der Waals surface area contributed by atoms with Crippen molar-refractivity contribution >= 4 is 11.9 Å². The van der Waals surface area contributed by atoms with Gasteiger partial charge in [0.1, 0.15) is 0 Å². The van der Waals surface area contributed by atoms with E-state index in [-0.39, 0.29) is 17.4 Å². The van der Waals surface area contributed by atoms with Gasteiger partial charge in [-0.05, 0) is 31.1 Å². The highest BCUT2D eigenvalue weighted by atomic mass is 16.6. The zero-order valence-electron chi connectivity index (χ0n) is 38.1. The first-order valence-electron chi connectivity index (χ1n) is 26.4. The lowest BCUT2D eigenvalue weighted by Gasteiger charge is -2.13. The minimum absolute atomic E-state index is 0.152. The molecule has 1 aliphatic heterocycles. The van der Waals surface area contributed by atoms with Gasteiger partial charge in [-0.2, -0.15) is 0 Å². The van der Waals surface area contributed by atoms with Crippen molar-refractivity contribution in [3.05, 3.63) is 0 Å². The van der Waals surface area contributed by atoms with Gasteiger partial charge in [-0.1, -0.05) is 283 Å². The Bertz CT molecular complexity index is 846. The molecular formula is C53H100O3. The van der Waals surface area contributed by atoms with Crippen molar-refractivity contribution in [2.24, 2.45) is 5.41 Å². The molecule has 3 nitrogen and oxygen atoms in total. The van der Waals surface area contributed by atoms with E-state index in [0.29, 0.717) is 12.8 Å². The van der Waals surface area contributed by atoms with Crippen molar-refractivity contribution in [2.75, 3.05) is 0 Å². The van der Waals surface area contributed by atoms with Gasteiger partial charge in [-0.3, -0.25) is 9.59 Å². The third kappa shape index (κ3) is 35.1. The van der Waals surface area contributed by atoms with Crippen LogP contribution in [0.2, 0.25) is 0 Å². The maximum atomic E-state index is 12.5. The van der Waals surface area contributed by atoms with E-state index in [1.807, 2.05) is 0 Å². The van der Waals surface area contributed by atoms with Gasteiger partial charge in [0.25, 0.3) is 0 Å². The highest BCUT2D eigenvalue weighted by molar-refractivity contribution is 5.85. The number of esters is 2. The second-order valence-electron chi connectivity index (χ2n) is 19.4. The lowest BCUT2D eigenvalue weighted by molar-refractivity contribution is -0.160. The average Bonchev–Trinajstić information content (AvgIpc) is 3.95. The fourth-order valence-corrected chi connectivity index (χ4v) is 9.58. The average molecular weight is 785 g/mol. The largest absolute Gasteiger partial charge is 0.393 e. The minimum Gasteiger partial charge on any atom is -0.393 e. The van der Waals surface area contributed by atoms with Gasteiger partial charge >= 0.3 is 11.9 Å². The number of carbonyl (C=O) groups excluding carboxylic acids is 2. The standard InChI is InChI=1S/C53H100O3/c54-51-46-44-42-40-38-36-34-32-30-28-26-24-22-20-18-16-14-12-10-8-6-4-2-1-3-5-7-9-11-13-15-17-19-21-23-25-27-29-31-33-35-37-39-41-43-45-47-53(48-49-53)50-52(55)56-51/h1-50H2. The molecule has 1 heterocycles. The van der Waals surface area contributed by atoms with E-state index in [4.69, 9.17) is 4.74 Å². The molecule has 2 rings (SSSR count). The zero-order chi connectivity index (χ0) is 39.7. The molecule has 56 heavy (non-hydrogen) atoms. The van der Waals surface area contributed by atoms with Crippen LogP contribution in [0.1, 0.15) is 321 Å². The van der Waals surface area contributed by atoms with Crippen molar-refractivity contribution in [1.29, 1.82) is 0 Å². The van der Waals surface area contributed by atoms with E-state index in [9.17, 15) is 9.59 Å². The summed E-state index contributed by atoms with van der Waals surface area (Å²) in [5.41, 5.74) is 0.152. The smallest absolute Gasteiger partial charge is 0.313 e.